The largest absolute Gasteiger partial charge is 0.504 e. The van der Waals surface area contributed by atoms with E-state index in [1.54, 1.807) is 24.3 Å². The molecule has 0 saturated carbocycles. The molecule has 2 rings (SSSR count). The van der Waals surface area contributed by atoms with Crippen LogP contribution < -0.4 is 10.2 Å². The van der Waals surface area contributed by atoms with Crippen LogP contribution in [0.2, 0.25) is 0 Å². The first-order chi connectivity index (χ1) is 9.70. The Hall–Kier alpha value is -2.89. The van der Waals surface area contributed by atoms with Gasteiger partial charge in [-0.25, -0.2) is 5.43 Å². The molecular weight excluding hydrogens is 258 g/mol. The molecular formula is C14H13N3O3. The Kier molecular flexibility index (Phi) is 4.28. The maximum atomic E-state index is 11.7. The second-order valence-electron chi connectivity index (χ2n) is 3.87. The lowest BCUT2D eigenvalue weighted by atomic mass is 10.2. The van der Waals surface area contributed by atoms with Crippen molar-refractivity contribution in [2.75, 3.05) is 7.11 Å². The smallest absolute Gasteiger partial charge is 0.271 e. The molecule has 2 N–H and O–H groups in total. The number of phenols is 1. The van der Waals surface area contributed by atoms with Gasteiger partial charge in [0.15, 0.2) is 11.5 Å². The normalized spacial score (nSPS) is 10.4. The van der Waals surface area contributed by atoms with Crippen LogP contribution in [0.4, 0.5) is 0 Å². The maximum absolute atomic E-state index is 11.7. The van der Waals surface area contributed by atoms with Gasteiger partial charge in [-0.15, -0.1) is 0 Å². The van der Waals surface area contributed by atoms with Crippen molar-refractivity contribution in [3.05, 3.63) is 53.9 Å². The van der Waals surface area contributed by atoms with Gasteiger partial charge < -0.3 is 9.84 Å². The van der Waals surface area contributed by atoms with Gasteiger partial charge in [0.25, 0.3) is 5.91 Å². The highest BCUT2D eigenvalue weighted by Gasteiger charge is 2.03. The van der Waals surface area contributed by atoms with Gasteiger partial charge in [0, 0.05) is 18.0 Å². The number of hydrogen-bond donors (Lipinski definition) is 2. The van der Waals surface area contributed by atoms with Crippen LogP contribution in [0.5, 0.6) is 11.5 Å². The van der Waals surface area contributed by atoms with Crippen LogP contribution in [0.25, 0.3) is 0 Å². The summed E-state index contributed by atoms with van der Waals surface area (Å²) in [5.74, 6) is 0.0567. The third-order valence-electron chi connectivity index (χ3n) is 2.53. The zero-order valence-corrected chi connectivity index (χ0v) is 10.8. The molecule has 0 fully saturated rings. The number of pyridine rings is 1. The van der Waals surface area contributed by atoms with Gasteiger partial charge in [-0.2, -0.15) is 5.10 Å². The van der Waals surface area contributed by atoms with Gasteiger partial charge in [-0.1, -0.05) is 0 Å². The number of amides is 1. The molecule has 0 aliphatic rings. The number of carbonyl (C=O) groups excluding carboxylic acids is 1. The number of nitrogens with zero attached hydrogens (tertiary/aromatic N) is 2. The Morgan fingerprint density at radius 1 is 1.35 bits per heavy atom. The highest BCUT2D eigenvalue weighted by Crippen LogP contribution is 2.25. The minimum absolute atomic E-state index is 0.0110. The molecule has 20 heavy (non-hydrogen) atoms. The second kappa shape index (κ2) is 6.33. The number of aromatic hydroxyl groups is 1. The van der Waals surface area contributed by atoms with E-state index in [1.807, 2.05) is 0 Å². The fraction of sp³-hybridized carbons (Fsp3) is 0.0714. The number of carbonyl (C=O) groups is 1. The summed E-state index contributed by atoms with van der Waals surface area (Å²) in [7, 11) is 1.47. The first-order valence-electron chi connectivity index (χ1n) is 5.81. The number of ether oxygens (including phenoxy) is 1. The molecule has 1 amide bonds. The number of benzene rings is 1. The summed E-state index contributed by atoms with van der Waals surface area (Å²) in [6.07, 6.45) is 4.48. The fourth-order valence-electron chi connectivity index (χ4n) is 1.52. The molecule has 1 aromatic carbocycles. The number of hydrazone groups is 1. The zero-order chi connectivity index (χ0) is 14.4. The van der Waals surface area contributed by atoms with E-state index in [2.05, 4.69) is 15.5 Å². The predicted octanol–water partition coefficient (Wildman–Crippen LogP) is 1.56. The topological polar surface area (TPSA) is 83.8 Å². The molecule has 6 nitrogen and oxygen atoms in total. The number of hydrogen-bond acceptors (Lipinski definition) is 5. The van der Waals surface area contributed by atoms with Crippen molar-refractivity contribution in [3.8, 4) is 11.5 Å². The molecule has 0 radical (unpaired) electrons. The van der Waals surface area contributed by atoms with Gasteiger partial charge >= 0.3 is 0 Å². The number of aromatic nitrogens is 1. The third kappa shape index (κ3) is 3.32. The van der Waals surface area contributed by atoms with Crippen LogP contribution >= 0.6 is 0 Å². The van der Waals surface area contributed by atoms with Gasteiger partial charge in [-0.05, 0) is 35.9 Å². The summed E-state index contributed by atoms with van der Waals surface area (Å²) < 4.78 is 4.93. The van der Waals surface area contributed by atoms with Gasteiger partial charge in [0.2, 0.25) is 0 Å². The molecule has 0 unspecified atom stereocenters. The molecule has 2 aromatic rings. The van der Waals surface area contributed by atoms with Crippen molar-refractivity contribution in [1.29, 1.82) is 0 Å². The molecule has 0 atom stereocenters. The molecule has 1 aromatic heterocycles. The van der Waals surface area contributed by atoms with Crippen LogP contribution in [-0.2, 0) is 0 Å². The lowest BCUT2D eigenvalue weighted by Gasteiger charge is -2.03. The first-order valence-corrected chi connectivity index (χ1v) is 5.81. The first kappa shape index (κ1) is 13.5. The van der Waals surface area contributed by atoms with Crippen LogP contribution in [0.3, 0.4) is 0 Å². The van der Waals surface area contributed by atoms with Crippen molar-refractivity contribution < 1.29 is 14.6 Å². The van der Waals surface area contributed by atoms with Crippen molar-refractivity contribution in [2.45, 2.75) is 0 Å². The van der Waals surface area contributed by atoms with E-state index >= 15 is 0 Å². The van der Waals surface area contributed by atoms with Crippen molar-refractivity contribution in [3.63, 3.8) is 0 Å². The monoisotopic (exact) mass is 271 g/mol. The molecule has 1 heterocycles. The summed E-state index contributed by atoms with van der Waals surface area (Å²) >= 11 is 0. The van der Waals surface area contributed by atoms with E-state index in [0.29, 0.717) is 16.9 Å². The van der Waals surface area contributed by atoms with E-state index in [4.69, 9.17) is 4.74 Å². The van der Waals surface area contributed by atoms with Crippen LogP contribution in [-0.4, -0.2) is 29.3 Å². The molecule has 102 valence electrons. The summed E-state index contributed by atoms with van der Waals surface area (Å²) in [6.45, 7) is 0. The number of methoxy groups -OCH3 is 1. The number of phenolic OH excluding ortho intramolecular Hbond substituents is 1. The van der Waals surface area contributed by atoms with E-state index in [1.165, 1.54) is 31.8 Å². The van der Waals surface area contributed by atoms with Crippen LogP contribution in [0, 0.1) is 0 Å². The van der Waals surface area contributed by atoms with Crippen molar-refractivity contribution in [2.24, 2.45) is 5.10 Å². The molecule has 0 saturated heterocycles. The van der Waals surface area contributed by atoms with Crippen LogP contribution in [0.1, 0.15) is 15.9 Å². The molecule has 0 aliphatic heterocycles. The van der Waals surface area contributed by atoms with Crippen molar-refractivity contribution >= 4 is 12.1 Å². The lowest BCUT2D eigenvalue weighted by Crippen LogP contribution is -2.17. The molecule has 6 heteroatoms. The molecule has 0 spiro atoms. The summed E-state index contributed by atoms with van der Waals surface area (Å²) in [5.41, 5.74) is 3.49. The summed E-state index contributed by atoms with van der Waals surface area (Å²) in [6, 6.07) is 7.98. The number of nitrogens with one attached hydrogen (secondary N) is 1. The Labute approximate surface area is 115 Å². The van der Waals surface area contributed by atoms with Gasteiger partial charge in [-0.3, -0.25) is 9.78 Å². The Morgan fingerprint density at radius 2 is 2.10 bits per heavy atom. The minimum atomic E-state index is -0.332. The number of rotatable bonds is 4. The maximum Gasteiger partial charge on any atom is 0.271 e. The van der Waals surface area contributed by atoms with Crippen LogP contribution in [0.15, 0.2) is 47.8 Å². The molecule has 0 aliphatic carbocycles. The highest BCUT2D eigenvalue weighted by atomic mass is 16.5. The zero-order valence-electron chi connectivity index (χ0n) is 10.8. The van der Waals surface area contributed by atoms with E-state index in [-0.39, 0.29) is 11.7 Å². The second-order valence-corrected chi connectivity index (χ2v) is 3.87. The summed E-state index contributed by atoms with van der Waals surface area (Å²) in [4.78, 5) is 15.5. The standard InChI is InChI=1S/C14H13N3O3/c1-20-13-3-2-10(8-12(13)18)9-16-17-14(19)11-4-6-15-7-5-11/h2-9,18H,1H3,(H,17,19)/b16-9+. The third-order valence-corrected chi connectivity index (χ3v) is 2.53. The van der Waals surface area contributed by atoms with Gasteiger partial charge in [0.1, 0.15) is 0 Å². The Morgan fingerprint density at radius 3 is 2.75 bits per heavy atom. The average Bonchev–Trinajstić information content (AvgIpc) is 2.48. The average molecular weight is 271 g/mol. The quantitative estimate of drug-likeness (QED) is 0.653. The summed E-state index contributed by atoms with van der Waals surface area (Å²) in [5, 5.41) is 13.4. The fourth-order valence-corrected chi connectivity index (χ4v) is 1.52. The Balaban J connectivity index is 2.00. The Bertz CT molecular complexity index is 627. The SMILES string of the molecule is COc1ccc(/C=N/NC(=O)c2ccncc2)cc1O. The predicted molar refractivity (Wildman–Crippen MR) is 74.0 cm³/mol. The highest BCUT2D eigenvalue weighted by molar-refractivity contribution is 5.94. The van der Waals surface area contributed by atoms with Gasteiger partial charge in [0.05, 0.1) is 13.3 Å². The van der Waals surface area contributed by atoms with E-state index in [0.717, 1.165) is 0 Å². The van der Waals surface area contributed by atoms with Crippen molar-refractivity contribution in [1.82, 2.24) is 10.4 Å². The lowest BCUT2D eigenvalue weighted by molar-refractivity contribution is 0.0955. The van der Waals surface area contributed by atoms with E-state index < -0.39 is 0 Å². The minimum Gasteiger partial charge on any atom is -0.504 e. The molecule has 0 bridgehead atoms. The van der Waals surface area contributed by atoms with E-state index in [9.17, 15) is 9.90 Å².